The molecule has 0 saturated carbocycles. The van der Waals surface area contributed by atoms with Gasteiger partial charge >= 0.3 is 0 Å². The van der Waals surface area contributed by atoms with Crippen molar-refractivity contribution in [1.82, 2.24) is 9.88 Å². The van der Waals surface area contributed by atoms with Gasteiger partial charge in [-0.15, -0.1) is 0 Å². The van der Waals surface area contributed by atoms with Crippen LogP contribution in [0.1, 0.15) is 40.4 Å². The summed E-state index contributed by atoms with van der Waals surface area (Å²) in [6.45, 7) is 0.547. The Morgan fingerprint density at radius 1 is 1.17 bits per heavy atom. The molecule has 1 amide bonds. The number of nitrogens with one attached hydrogen (secondary N) is 1. The van der Waals surface area contributed by atoms with Gasteiger partial charge in [-0.2, -0.15) is 0 Å². The first kappa shape index (κ1) is 21.5. The maximum Gasteiger partial charge on any atom is 0.269 e. The molecule has 0 radical (unpaired) electrons. The number of carbonyl (C=O) groups excluding carboxylic acids is 2. The van der Waals surface area contributed by atoms with Gasteiger partial charge in [0.2, 0.25) is 5.91 Å². The van der Waals surface area contributed by atoms with Crippen LogP contribution in [0.3, 0.4) is 0 Å². The summed E-state index contributed by atoms with van der Waals surface area (Å²) in [5.74, 6) is -2.70. The molecule has 2 saturated heterocycles. The van der Waals surface area contributed by atoms with Gasteiger partial charge in [-0.1, -0.05) is 18.2 Å². The highest BCUT2D eigenvalue weighted by Crippen LogP contribution is 2.61. The normalized spacial score (nSPS) is 27.0. The van der Waals surface area contributed by atoms with Gasteiger partial charge in [0.15, 0.2) is 5.78 Å². The molecule has 6 rings (SSSR count). The quantitative estimate of drug-likeness (QED) is 0.349. The topological polar surface area (TPSA) is 105 Å². The van der Waals surface area contributed by atoms with Gasteiger partial charge in [-0.05, 0) is 55.3 Å². The van der Waals surface area contributed by atoms with E-state index >= 15 is 0 Å². The van der Waals surface area contributed by atoms with E-state index in [0.29, 0.717) is 29.8 Å². The number of carbonyl (C=O) groups is 2. The maximum absolute atomic E-state index is 14.6. The molecule has 0 unspecified atom stereocenters. The Balaban J connectivity index is 1.63. The number of anilines is 1. The summed E-state index contributed by atoms with van der Waals surface area (Å²) >= 11 is 0. The lowest BCUT2D eigenvalue weighted by molar-refractivity contribution is -0.384. The zero-order valence-corrected chi connectivity index (χ0v) is 18.6. The highest BCUT2D eigenvalue weighted by atomic mass is 19.1. The Kier molecular flexibility index (Phi) is 4.79. The third-order valence-electron chi connectivity index (χ3n) is 7.63. The summed E-state index contributed by atoms with van der Waals surface area (Å²) in [6.07, 6.45) is 3.01. The smallest absolute Gasteiger partial charge is 0.269 e. The molecule has 176 valence electrons. The Bertz CT molecular complexity index is 1380. The minimum Gasteiger partial charge on any atom is -0.324 e. The number of fused-ring (bicyclic) bond motifs is 4. The van der Waals surface area contributed by atoms with Crippen LogP contribution in [0.15, 0.2) is 66.9 Å². The van der Waals surface area contributed by atoms with Crippen LogP contribution in [0.5, 0.6) is 0 Å². The molecule has 1 aromatic heterocycles. The molecule has 4 atom stereocenters. The average Bonchev–Trinajstić information content (AvgIpc) is 3.52. The molecule has 3 aliphatic rings. The highest BCUT2D eigenvalue weighted by molar-refractivity contribution is 6.12. The zero-order valence-electron chi connectivity index (χ0n) is 18.6. The van der Waals surface area contributed by atoms with Crippen molar-refractivity contribution in [3.05, 3.63) is 99.6 Å². The van der Waals surface area contributed by atoms with Crippen LogP contribution >= 0.6 is 0 Å². The molecule has 9 heteroatoms. The number of halogens is 1. The lowest BCUT2D eigenvalue weighted by atomic mass is 9.69. The molecule has 0 aliphatic carbocycles. The van der Waals surface area contributed by atoms with Gasteiger partial charge in [0.1, 0.15) is 17.1 Å². The molecule has 8 nitrogen and oxygen atoms in total. The summed E-state index contributed by atoms with van der Waals surface area (Å²) in [5.41, 5.74) is 0.185. The Morgan fingerprint density at radius 3 is 2.80 bits per heavy atom. The fraction of sp³-hybridized carbons (Fsp3) is 0.269. The second-order valence-corrected chi connectivity index (χ2v) is 9.25. The van der Waals surface area contributed by atoms with Crippen LogP contribution < -0.4 is 5.32 Å². The maximum atomic E-state index is 14.6. The van der Waals surface area contributed by atoms with Crippen LogP contribution in [0.2, 0.25) is 0 Å². The van der Waals surface area contributed by atoms with Gasteiger partial charge in [-0.25, -0.2) is 4.39 Å². The number of aromatic nitrogens is 1. The first-order chi connectivity index (χ1) is 16.9. The number of benzene rings is 2. The van der Waals surface area contributed by atoms with E-state index in [4.69, 9.17) is 0 Å². The van der Waals surface area contributed by atoms with Crippen molar-refractivity contribution < 1.29 is 18.9 Å². The van der Waals surface area contributed by atoms with Crippen LogP contribution in [-0.2, 0) is 10.3 Å². The van der Waals surface area contributed by atoms with Crippen LogP contribution in [0.4, 0.5) is 15.8 Å². The van der Waals surface area contributed by atoms with E-state index < -0.39 is 28.1 Å². The van der Waals surface area contributed by atoms with Crippen molar-refractivity contribution >= 4 is 23.1 Å². The number of non-ortho nitro benzene ring substituents is 1. The number of Topliss-reactive ketones (excluding diaryl/α,β-unsaturated/α-hetero) is 1. The van der Waals surface area contributed by atoms with E-state index in [2.05, 4.69) is 10.3 Å². The van der Waals surface area contributed by atoms with Gasteiger partial charge in [-0.3, -0.25) is 29.6 Å². The second-order valence-electron chi connectivity index (χ2n) is 9.25. The third-order valence-corrected chi connectivity index (χ3v) is 7.63. The Labute approximate surface area is 199 Å². The Hall–Kier alpha value is -3.98. The summed E-state index contributed by atoms with van der Waals surface area (Å²) in [6, 6.07) is 15.2. The molecule has 2 fully saturated rings. The third kappa shape index (κ3) is 2.97. The fourth-order valence-electron chi connectivity index (χ4n) is 6.42. The van der Waals surface area contributed by atoms with Crippen molar-refractivity contribution in [2.24, 2.45) is 5.92 Å². The fourth-order valence-corrected chi connectivity index (χ4v) is 6.42. The molecular weight excluding hydrogens is 451 g/mol. The molecule has 2 aromatic carbocycles. The minimum absolute atomic E-state index is 0.0839. The molecule has 0 bridgehead atoms. The molecule has 4 heterocycles. The molecule has 1 N–H and O–H groups in total. The van der Waals surface area contributed by atoms with E-state index in [-0.39, 0.29) is 29.1 Å². The average molecular weight is 472 g/mol. The number of pyridine rings is 1. The van der Waals surface area contributed by atoms with E-state index in [1.807, 2.05) is 4.90 Å². The molecule has 1 spiro atoms. The van der Waals surface area contributed by atoms with Crippen LogP contribution in [-0.4, -0.2) is 39.1 Å². The van der Waals surface area contributed by atoms with E-state index in [9.17, 15) is 24.1 Å². The predicted octanol–water partition coefficient (Wildman–Crippen LogP) is 4.04. The highest BCUT2D eigenvalue weighted by Gasteiger charge is 2.69. The van der Waals surface area contributed by atoms with Gasteiger partial charge in [0.05, 0.1) is 10.8 Å². The van der Waals surface area contributed by atoms with Crippen LogP contribution in [0, 0.1) is 21.8 Å². The number of nitro benzene ring substituents is 1. The lowest BCUT2D eigenvalue weighted by Crippen LogP contribution is -2.53. The molecule has 3 aliphatic heterocycles. The van der Waals surface area contributed by atoms with Crippen molar-refractivity contribution in [3.8, 4) is 0 Å². The van der Waals surface area contributed by atoms with E-state index in [1.165, 1.54) is 36.5 Å². The SMILES string of the molecule is O=C(c1ccccn1)[C@@H]1[C@H](c2cccc([N+](=O)[O-])c2)[C@H]2CCCN2[C@]12C(=O)Nc1ccc(F)cc12. The zero-order chi connectivity index (χ0) is 24.3. The first-order valence-corrected chi connectivity index (χ1v) is 11.5. The number of hydrogen-bond acceptors (Lipinski definition) is 6. The van der Waals surface area contributed by atoms with E-state index in [1.54, 1.807) is 30.3 Å². The number of amides is 1. The largest absolute Gasteiger partial charge is 0.324 e. The number of nitro groups is 1. The summed E-state index contributed by atoms with van der Waals surface area (Å²) in [5, 5.41) is 14.4. The van der Waals surface area contributed by atoms with Crippen molar-refractivity contribution in [3.63, 3.8) is 0 Å². The lowest BCUT2D eigenvalue weighted by Gasteiger charge is -2.36. The number of rotatable bonds is 4. The van der Waals surface area contributed by atoms with Crippen molar-refractivity contribution in [1.29, 1.82) is 0 Å². The Morgan fingerprint density at radius 2 is 2.03 bits per heavy atom. The van der Waals surface area contributed by atoms with Gasteiger partial charge in [0.25, 0.3) is 5.69 Å². The number of ketones is 1. The minimum atomic E-state index is -1.44. The summed E-state index contributed by atoms with van der Waals surface area (Å²) in [7, 11) is 0. The summed E-state index contributed by atoms with van der Waals surface area (Å²) in [4.78, 5) is 45.4. The summed E-state index contributed by atoms with van der Waals surface area (Å²) < 4.78 is 14.6. The monoisotopic (exact) mass is 472 g/mol. The molecular formula is C26H21FN4O4. The molecule has 3 aromatic rings. The van der Waals surface area contributed by atoms with Crippen molar-refractivity contribution in [2.45, 2.75) is 30.3 Å². The van der Waals surface area contributed by atoms with Gasteiger partial charge < -0.3 is 5.32 Å². The molecule has 35 heavy (non-hydrogen) atoms. The van der Waals surface area contributed by atoms with Crippen LogP contribution in [0.25, 0.3) is 0 Å². The number of nitrogens with zero attached hydrogens (tertiary/aromatic N) is 3. The predicted molar refractivity (Wildman–Crippen MR) is 124 cm³/mol. The van der Waals surface area contributed by atoms with E-state index in [0.717, 1.165) is 6.42 Å². The first-order valence-electron chi connectivity index (χ1n) is 11.5. The van der Waals surface area contributed by atoms with Gasteiger partial charge in [0, 0.05) is 41.5 Å². The standard InChI is InChI=1S/C26H21FN4O4/c27-16-9-10-19-18(14-16)26(25(33)29-19)23(24(32)20-7-1-2-11-28-20)22(21-8-4-12-30(21)26)15-5-3-6-17(13-15)31(34)35/h1-3,5-7,9-11,13-14,21-23H,4,8,12H2,(H,29,33)/t21-,22-,23+,26+/m1/s1. The number of hydrogen-bond donors (Lipinski definition) is 1. The second kappa shape index (κ2) is 7.78. The van der Waals surface area contributed by atoms with Crippen molar-refractivity contribution in [2.75, 3.05) is 11.9 Å².